The second-order valence-electron chi connectivity index (χ2n) is 5.59. The topological polar surface area (TPSA) is 126 Å². The van der Waals surface area contributed by atoms with E-state index in [9.17, 15) is 20.0 Å². The third-order valence-electron chi connectivity index (χ3n) is 3.52. The first kappa shape index (κ1) is 21.6. The number of ether oxygens (including phenoxy) is 1. The Bertz CT molecular complexity index is 926. The van der Waals surface area contributed by atoms with Crippen molar-refractivity contribution in [3.63, 3.8) is 0 Å². The number of anilines is 1. The molecule has 0 aliphatic carbocycles. The first-order valence-electron chi connectivity index (χ1n) is 7.79. The van der Waals surface area contributed by atoms with Crippen molar-refractivity contribution in [2.24, 2.45) is 5.10 Å². The number of hydrogen-bond donors (Lipinski definition) is 3. The second-order valence-corrected chi connectivity index (χ2v) is 7.30. The molecular formula is C17H16Br2N4O5. The number of nitro benzene ring substituents is 1. The van der Waals surface area contributed by atoms with Crippen molar-refractivity contribution in [1.82, 2.24) is 5.43 Å². The fourth-order valence-corrected chi connectivity index (χ4v) is 3.92. The average Bonchev–Trinajstić information content (AvgIpc) is 2.61. The Morgan fingerprint density at radius 3 is 2.54 bits per heavy atom. The van der Waals surface area contributed by atoms with Gasteiger partial charge in [0.15, 0.2) is 11.5 Å². The molecule has 0 heterocycles. The van der Waals surface area contributed by atoms with Crippen molar-refractivity contribution in [1.29, 1.82) is 0 Å². The molecule has 9 nitrogen and oxygen atoms in total. The molecule has 0 fully saturated rings. The highest BCUT2D eigenvalue weighted by molar-refractivity contribution is 9.11. The van der Waals surface area contributed by atoms with Gasteiger partial charge in [0.25, 0.3) is 11.6 Å². The van der Waals surface area contributed by atoms with E-state index in [4.69, 9.17) is 4.74 Å². The van der Waals surface area contributed by atoms with Crippen molar-refractivity contribution >= 4 is 55.4 Å². The molecule has 3 N–H and O–H groups in total. The minimum Gasteiger partial charge on any atom is -0.504 e. The van der Waals surface area contributed by atoms with Crippen LogP contribution in [-0.4, -0.2) is 35.8 Å². The zero-order valence-corrected chi connectivity index (χ0v) is 18.0. The summed E-state index contributed by atoms with van der Waals surface area (Å²) in [4.78, 5) is 22.3. The van der Waals surface area contributed by atoms with Gasteiger partial charge in [0.2, 0.25) is 0 Å². The molecule has 2 aromatic carbocycles. The molecule has 1 amide bonds. The number of benzene rings is 2. The zero-order valence-electron chi connectivity index (χ0n) is 14.8. The standard InChI is InChI=1S/C17H16Br2N4O5/c1-9-3-12(18)16(13(19)4-9)20-8-15(24)22-21-7-10-5-11(23(26)27)6-14(28-2)17(10)25/h3-7,20,25H,8H2,1-2H3,(H,22,24)/b21-7+. The lowest BCUT2D eigenvalue weighted by atomic mass is 10.2. The number of aryl methyl sites for hydroxylation is 1. The summed E-state index contributed by atoms with van der Waals surface area (Å²) in [5.74, 6) is -0.845. The fourth-order valence-electron chi connectivity index (χ4n) is 2.22. The van der Waals surface area contributed by atoms with Crippen LogP contribution in [0.1, 0.15) is 11.1 Å². The van der Waals surface area contributed by atoms with E-state index >= 15 is 0 Å². The molecule has 0 atom stereocenters. The number of carbonyl (C=O) groups is 1. The van der Waals surface area contributed by atoms with Gasteiger partial charge in [0.05, 0.1) is 36.5 Å². The van der Waals surface area contributed by atoms with Gasteiger partial charge in [-0.1, -0.05) is 0 Å². The highest BCUT2D eigenvalue weighted by Crippen LogP contribution is 2.33. The zero-order chi connectivity index (χ0) is 20.8. The number of rotatable bonds is 7. The van der Waals surface area contributed by atoms with E-state index in [1.165, 1.54) is 7.11 Å². The molecule has 0 saturated heterocycles. The molecule has 28 heavy (non-hydrogen) atoms. The summed E-state index contributed by atoms with van der Waals surface area (Å²) in [5.41, 5.74) is 3.79. The number of nitrogens with one attached hydrogen (secondary N) is 2. The molecule has 2 rings (SSSR count). The Balaban J connectivity index is 2.04. The van der Waals surface area contributed by atoms with Crippen LogP contribution < -0.4 is 15.5 Å². The lowest BCUT2D eigenvalue weighted by Crippen LogP contribution is -2.26. The molecule has 0 unspecified atom stereocenters. The summed E-state index contributed by atoms with van der Waals surface area (Å²) in [7, 11) is 1.27. The van der Waals surface area contributed by atoms with Crippen LogP contribution in [0.25, 0.3) is 0 Å². The maximum absolute atomic E-state index is 12.0. The Kier molecular flexibility index (Phi) is 7.35. The number of nitro groups is 1. The number of hydrazone groups is 1. The minimum atomic E-state index is -0.626. The maximum atomic E-state index is 12.0. The Morgan fingerprint density at radius 2 is 1.96 bits per heavy atom. The number of hydrogen-bond acceptors (Lipinski definition) is 7. The molecule has 0 bridgehead atoms. The summed E-state index contributed by atoms with van der Waals surface area (Å²) in [6, 6.07) is 6.02. The van der Waals surface area contributed by atoms with Crippen molar-refractivity contribution < 1.29 is 19.6 Å². The Morgan fingerprint density at radius 1 is 1.32 bits per heavy atom. The molecule has 0 saturated carbocycles. The third kappa shape index (κ3) is 5.42. The lowest BCUT2D eigenvalue weighted by Gasteiger charge is -2.11. The molecular weight excluding hydrogens is 500 g/mol. The van der Waals surface area contributed by atoms with Gasteiger partial charge >= 0.3 is 0 Å². The Hall–Kier alpha value is -2.66. The van der Waals surface area contributed by atoms with E-state index in [-0.39, 0.29) is 29.3 Å². The van der Waals surface area contributed by atoms with E-state index in [1.54, 1.807) is 0 Å². The van der Waals surface area contributed by atoms with Crippen LogP contribution in [0.2, 0.25) is 0 Å². The lowest BCUT2D eigenvalue weighted by molar-refractivity contribution is -0.385. The van der Waals surface area contributed by atoms with Crippen LogP contribution in [0.4, 0.5) is 11.4 Å². The van der Waals surface area contributed by atoms with Gasteiger partial charge in [0.1, 0.15) is 0 Å². The van der Waals surface area contributed by atoms with Gasteiger partial charge < -0.3 is 15.2 Å². The summed E-state index contributed by atoms with van der Waals surface area (Å²) >= 11 is 6.85. The predicted molar refractivity (Wildman–Crippen MR) is 112 cm³/mol. The van der Waals surface area contributed by atoms with Crippen LogP contribution in [0.5, 0.6) is 11.5 Å². The van der Waals surface area contributed by atoms with E-state index in [2.05, 4.69) is 47.7 Å². The van der Waals surface area contributed by atoms with E-state index in [0.29, 0.717) is 5.69 Å². The normalized spacial score (nSPS) is 10.7. The molecule has 2 aromatic rings. The largest absolute Gasteiger partial charge is 0.504 e. The van der Waals surface area contributed by atoms with Crippen LogP contribution in [0, 0.1) is 17.0 Å². The SMILES string of the molecule is COc1cc([N+](=O)[O-])cc(/C=N/NC(=O)CNc2c(Br)cc(C)cc2Br)c1O. The number of aromatic hydroxyl groups is 1. The van der Waals surface area contributed by atoms with Crippen molar-refractivity contribution in [2.75, 3.05) is 19.0 Å². The third-order valence-corrected chi connectivity index (χ3v) is 4.78. The Labute approximate surface area is 177 Å². The van der Waals surface area contributed by atoms with Crippen molar-refractivity contribution in [3.05, 3.63) is 54.5 Å². The average molecular weight is 516 g/mol. The van der Waals surface area contributed by atoms with Crippen molar-refractivity contribution in [3.8, 4) is 11.5 Å². The number of nitrogens with zero attached hydrogens (tertiary/aromatic N) is 2. The van der Waals surface area contributed by atoms with Crippen LogP contribution >= 0.6 is 31.9 Å². The van der Waals surface area contributed by atoms with Gasteiger partial charge in [-0.05, 0) is 56.5 Å². The number of methoxy groups -OCH3 is 1. The van der Waals surface area contributed by atoms with Gasteiger partial charge in [0, 0.05) is 20.6 Å². The first-order valence-corrected chi connectivity index (χ1v) is 9.38. The van der Waals surface area contributed by atoms with E-state index < -0.39 is 10.8 Å². The number of amides is 1. The fraction of sp³-hybridized carbons (Fsp3) is 0.176. The highest BCUT2D eigenvalue weighted by atomic mass is 79.9. The van der Waals surface area contributed by atoms with Crippen LogP contribution in [0.15, 0.2) is 38.3 Å². The molecule has 0 aliphatic rings. The summed E-state index contributed by atoms with van der Waals surface area (Å²) in [5, 5.41) is 27.7. The number of halogens is 2. The molecule has 148 valence electrons. The number of phenolic OH excluding ortho intramolecular Hbond substituents is 1. The predicted octanol–water partition coefficient (Wildman–Crippen LogP) is 3.70. The first-order chi connectivity index (χ1) is 13.2. The smallest absolute Gasteiger partial charge is 0.274 e. The maximum Gasteiger partial charge on any atom is 0.274 e. The molecule has 0 radical (unpaired) electrons. The van der Waals surface area contributed by atoms with Gasteiger partial charge in [-0.15, -0.1) is 0 Å². The number of phenols is 1. The number of carbonyl (C=O) groups excluding carboxylic acids is 1. The molecule has 11 heteroatoms. The molecule has 0 spiro atoms. The minimum absolute atomic E-state index is 0.0309. The van der Waals surface area contributed by atoms with Crippen molar-refractivity contribution in [2.45, 2.75) is 6.92 Å². The van der Waals surface area contributed by atoms with Gasteiger partial charge in [-0.3, -0.25) is 14.9 Å². The number of non-ortho nitro benzene ring substituents is 1. The summed E-state index contributed by atoms with van der Waals surface area (Å²) in [6.45, 7) is 1.88. The monoisotopic (exact) mass is 514 g/mol. The quantitative estimate of drug-likeness (QED) is 0.293. The van der Waals surface area contributed by atoms with Gasteiger partial charge in [-0.25, -0.2) is 5.43 Å². The van der Waals surface area contributed by atoms with Crippen LogP contribution in [0.3, 0.4) is 0 Å². The molecule has 0 aliphatic heterocycles. The second kappa shape index (κ2) is 9.51. The van der Waals surface area contributed by atoms with Crippen LogP contribution in [-0.2, 0) is 4.79 Å². The highest BCUT2D eigenvalue weighted by Gasteiger charge is 2.16. The molecule has 0 aromatic heterocycles. The van der Waals surface area contributed by atoms with E-state index in [0.717, 1.165) is 32.9 Å². The summed E-state index contributed by atoms with van der Waals surface area (Å²) < 4.78 is 6.49. The summed E-state index contributed by atoms with van der Waals surface area (Å²) in [6.07, 6.45) is 1.10. The van der Waals surface area contributed by atoms with E-state index in [1.807, 2.05) is 19.1 Å². The van der Waals surface area contributed by atoms with Gasteiger partial charge in [-0.2, -0.15) is 5.10 Å².